The number of rotatable bonds is 5. The number of nitrogen functional groups attached to an aromatic ring is 1. The van der Waals surface area contributed by atoms with E-state index in [9.17, 15) is 14.4 Å². The molecule has 0 saturated carbocycles. The number of aromatic nitrogens is 2. The number of anilines is 1. The summed E-state index contributed by atoms with van der Waals surface area (Å²) in [5.74, 6) is -1.07. The van der Waals surface area contributed by atoms with Crippen molar-refractivity contribution in [2.45, 2.75) is 32.9 Å². The topological polar surface area (TPSA) is 107 Å². The Bertz CT molecular complexity index is 529. The molecule has 1 heterocycles. The molecular weight excluding hydrogens is 226 g/mol. The molecule has 0 atom stereocenters. The van der Waals surface area contributed by atoms with E-state index in [1.165, 1.54) is 10.8 Å². The molecule has 1 aromatic heterocycles. The third-order valence-corrected chi connectivity index (χ3v) is 2.28. The normalized spacial score (nSPS) is 10.4. The van der Waals surface area contributed by atoms with Gasteiger partial charge in [-0.2, -0.15) is 0 Å². The first-order chi connectivity index (χ1) is 7.97. The van der Waals surface area contributed by atoms with Crippen molar-refractivity contribution < 1.29 is 9.90 Å². The maximum atomic E-state index is 11.8. The molecule has 0 aliphatic heterocycles. The van der Waals surface area contributed by atoms with Crippen LogP contribution in [0.25, 0.3) is 0 Å². The first-order valence-electron chi connectivity index (χ1n) is 5.29. The van der Waals surface area contributed by atoms with E-state index in [1.54, 1.807) is 0 Å². The number of aryl methyl sites for hydroxylation is 1. The van der Waals surface area contributed by atoms with Crippen LogP contribution in [-0.4, -0.2) is 20.2 Å². The molecule has 0 aromatic carbocycles. The zero-order valence-corrected chi connectivity index (χ0v) is 9.55. The van der Waals surface area contributed by atoms with E-state index in [1.807, 2.05) is 6.92 Å². The summed E-state index contributed by atoms with van der Waals surface area (Å²) in [5, 5.41) is 8.54. The van der Waals surface area contributed by atoms with Crippen LogP contribution in [0.15, 0.2) is 15.8 Å². The highest BCUT2D eigenvalue weighted by molar-refractivity contribution is 5.66. The fourth-order valence-electron chi connectivity index (χ4n) is 1.48. The van der Waals surface area contributed by atoms with E-state index in [-0.39, 0.29) is 18.7 Å². The number of hydrogen-bond donors (Lipinski definition) is 2. The Labute approximate surface area is 97.1 Å². The van der Waals surface area contributed by atoms with E-state index in [0.29, 0.717) is 6.54 Å². The number of nitrogens with zero attached hydrogens (tertiary/aromatic N) is 2. The summed E-state index contributed by atoms with van der Waals surface area (Å²) in [5.41, 5.74) is 4.28. The number of nitrogens with two attached hydrogens (primary N) is 1. The average molecular weight is 241 g/mol. The first kappa shape index (κ1) is 13.0. The van der Waals surface area contributed by atoms with Crippen molar-refractivity contribution in [1.29, 1.82) is 0 Å². The van der Waals surface area contributed by atoms with Gasteiger partial charge >= 0.3 is 11.7 Å². The molecule has 0 aliphatic rings. The van der Waals surface area contributed by atoms with E-state index in [0.717, 1.165) is 11.0 Å². The second-order valence-electron chi connectivity index (χ2n) is 3.66. The first-order valence-corrected chi connectivity index (χ1v) is 5.29. The molecule has 7 nitrogen and oxygen atoms in total. The van der Waals surface area contributed by atoms with Gasteiger partial charge in [0.05, 0.1) is 6.42 Å². The van der Waals surface area contributed by atoms with E-state index in [2.05, 4.69) is 0 Å². The molecule has 0 aliphatic carbocycles. The smallest absolute Gasteiger partial charge is 0.331 e. The van der Waals surface area contributed by atoms with Crippen molar-refractivity contribution in [1.82, 2.24) is 9.13 Å². The van der Waals surface area contributed by atoms with Crippen molar-refractivity contribution >= 4 is 11.7 Å². The molecule has 1 aromatic rings. The summed E-state index contributed by atoms with van der Waals surface area (Å²) in [4.78, 5) is 33.8. The van der Waals surface area contributed by atoms with E-state index >= 15 is 0 Å². The summed E-state index contributed by atoms with van der Waals surface area (Å²) in [6.07, 6.45) is 1.73. The second kappa shape index (κ2) is 5.33. The Balaban J connectivity index is 3.22. The number of carboxylic acids is 1. The Kier molecular flexibility index (Phi) is 4.08. The zero-order chi connectivity index (χ0) is 13.0. The summed E-state index contributed by atoms with van der Waals surface area (Å²) in [6.45, 7) is 2.16. The Morgan fingerprint density at radius 1 is 1.41 bits per heavy atom. The number of carbonyl (C=O) groups is 1. The van der Waals surface area contributed by atoms with Gasteiger partial charge in [0.2, 0.25) is 0 Å². The monoisotopic (exact) mass is 241 g/mol. The molecule has 0 unspecified atom stereocenters. The van der Waals surface area contributed by atoms with Gasteiger partial charge < -0.3 is 10.8 Å². The quantitative estimate of drug-likeness (QED) is 0.721. The molecule has 7 heteroatoms. The van der Waals surface area contributed by atoms with Gasteiger partial charge in [0, 0.05) is 19.3 Å². The number of hydrogen-bond acceptors (Lipinski definition) is 4. The maximum Gasteiger partial charge on any atom is 0.331 e. The number of aliphatic carboxylic acids is 1. The fraction of sp³-hybridized carbons (Fsp3) is 0.500. The summed E-state index contributed by atoms with van der Waals surface area (Å²) >= 11 is 0. The van der Waals surface area contributed by atoms with Crippen LogP contribution in [0.4, 0.5) is 5.69 Å². The van der Waals surface area contributed by atoms with Crippen LogP contribution < -0.4 is 17.0 Å². The van der Waals surface area contributed by atoms with Crippen molar-refractivity contribution in [2.75, 3.05) is 5.73 Å². The molecule has 0 radical (unpaired) electrons. The highest BCUT2D eigenvalue weighted by Crippen LogP contribution is 1.93. The molecular formula is C10H15N3O4. The Morgan fingerprint density at radius 3 is 2.59 bits per heavy atom. The van der Waals surface area contributed by atoms with Gasteiger partial charge in [-0.1, -0.05) is 6.92 Å². The molecule has 0 fully saturated rings. The molecule has 94 valence electrons. The van der Waals surface area contributed by atoms with Crippen LogP contribution in [0, 0.1) is 0 Å². The SMILES string of the molecule is CCCn1cc(N)c(=O)n(CCC(=O)O)c1=O. The minimum Gasteiger partial charge on any atom is -0.481 e. The highest BCUT2D eigenvalue weighted by Gasteiger charge is 2.10. The van der Waals surface area contributed by atoms with Gasteiger partial charge in [-0.25, -0.2) is 4.79 Å². The maximum absolute atomic E-state index is 11.8. The van der Waals surface area contributed by atoms with Crippen LogP contribution in [0.2, 0.25) is 0 Å². The van der Waals surface area contributed by atoms with Crippen LogP contribution in [0.3, 0.4) is 0 Å². The summed E-state index contributed by atoms with van der Waals surface area (Å²) < 4.78 is 2.18. The molecule has 17 heavy (non-hydrogen) atoms. The average Bonchev–Trinajstić information content (AvgIpc) is 2.26. The van der Waals surface area contributed by atoms with Gasteiger partial charge in [-0.05, 0) is 6.42 Å². The van der Waals surface area contributed by atoms with Crippen molar-refractivity contribution in [3.05, 3.63) is 27.0 Å². The fourth-order valence-corrected chi connectivity index (χ4v) is 1.48. The lowest BCUT2D eigenvalue weighted by atomic mass is 10.4. The minimum absolute atomic E-state index is 0.0524. The van der Waals surface area contributed by atoms with Crippen LogP contribution in [0.5, 0.6) is 0 Å². The number of carboxylic acid groups (broad SMARTS) is 1. The van der Waals surface area contributed by atoms with Crippen molar-refractivity contribution in [3.8, 4) is 0 Å². The van der Waals surface area contributed by atoms with E-state index < -0.39 is 17.2 Å². The highest BCUT2D eigenvalue weighted by atomic mass is 16.4. The molecule has 0 spiro atoms. The van der Waals surface area contributed by atoms with Crippen LogP contribution >= 0.6 is 0 Å². The third-order valence-electron chi connectivity index (χ3n) is 2.28. The summed E-state index contributed by atoms with van der Waals surface area (Å²) in [6, 6.07) is 0. The lowest BCUT2D eigenvalue weighted by molar-refractivity contribution is -0.137. The van der Waals surface area contributed by atoms with Crippen molar-refractivity contribution in [2.24, 2.45) is 0 Å². The Morgan fingerprint density at radius 2 is 2.06 bits per heavy atom. The van der Waals surface area contributed by atoms with Crippen LogP contribution in [-0.2, 0) is 17.9 Å². The third kappa shape index (κ3) is 2.96. The van der Waals surface area contributed by atoms with Gasteiger partial charge in [0.25, 0.3) is 5.56 Å². The molecule has 1 rings (SSSR count). The lowest BCUT2D eigenvalue weighted by Gasteiger charge is -2.09. The predicted octanol–water partition coefficient (Wildman–Crippen LogP) is -0.523. The molecule has 0 amide bonds. The van der Waals surface area contributed by atoms with Gasteiger partial charge in [-0.3, -0.25) is 18.7 Å². The van der Waals surface area contributed by atoms with E-state index in [4.69, 9.17) is 10.8 Å². The van der Waals surface area contributed by atoms with Crippen molar-refractivity contribution in [3.63, 3.8) is 0 Å². The lowest BCUT2D eigenvalue weighted by Crippen LogP contribution is -2.41. The Hall–Kier alpha value is -2.05. The summed E-state index contributed by atoms with van der Waals surface area (Å²) in [7, 11) is 0. The van der Waals surface area contributed by atoms with Gasteiger partial charge in [-0.15, -0.1) is 0 Å². The molecule has 0 saturated heterocycles. The largest absolute Gasteiger partial charge is 0.481 e. The standard InChI is InChI=1S/C10H15N3O4/c1-2-4-12-6-7(11)9(16)13(10(12)17)5-3-8(14)15/h6H,2-5,11H2,1H3,(H,14,15). The molecule has 3 N–H and O–H groups in total. The second-order valence-corrected chi connectivity index (χ2v) is 3.66. The van der Waals surface area contributed by atoms with Gasteiger partial charge in [0.15, 0.2) is 0 Å². The predicted molar refractivity (Wildman–Crippen MR) is 61.9 cm³/mol. The van der Waals surface area contributed by atoms with Gasteiger partial charge in [0.1, 0.15) is 5.69 Å². The zero-order valence-electron chi connectivity index (χ0n) is 9.55. The van der Waals surface area contributed by atoms with Crippen LogP contribution in [0.1, 0.15) is 19.8 Å². The molecule has 0 bridgehead atoms. The minimum atomic E-state index is -1.07.